The molecule has 120 valence electrons. The second-order valence-corrected chi connectivity index (χ2v) is 7.27. The third-order valence-corrected chi connectivity index (χ3v) is 5.91. The first-order chi connectivity index (χ1) is 11.1. The van der Waals surface area contributed by atoms with Crippen LogP contribution < -0.4 is 5.32 Å². The Labute approximate surface area is 137 Å². The summed E-state index contributed by atoms with van der Waals surface area (Å²) >= 11 is 0. The maximum atomic E-state index is 12.9. The highest BCUT2D eigenvalue weighted by Crippen LogP contribution is 2.40. The van der Waals surface area contributed by atoms with Gasteiger partial charge < -0.3 is 5.32 Å². The fourth-order valence-electron chi connectivity index (χ4n) is 2.88. The Kier molecular flexibility index (Phi) is 4.16. The molecule has 6 heteroatoms. The maximum Gasteiger partial charge on any atom is 0.326 e. The van der Waals surface area contributed by atoms with E-state index in [0.29, 0.717) is 24.4 Å². The van der Waals surface area contributed by atoms with Gasteiger partial charge in [-0.1, -0.05) is 41.8 Å². The van der Waals surface area contributed by atoms with Crippen LogP contribution in [0.3, 0.4) is 0 Å². The van der Waals surface area contributed by atoms with E-state index in [1.54, 1.807) is 19.2 Å². The van der Waals surface area contributed by atoms with E-state index < -0.39 is 10.2 Å². The van der Waals surface area contributed by atoms with Crippen LogP contribution in [-0.2, 0) is 10.2 Å². The van der Waals surface area contributed by atoms with Gasteiger partial charge in [0.2, 0.25) is 0 Å². The summed E-state index contributed by atoms with van der Waals surface area (Å²) in [5.74, 6) is 0. The summed E-state index contributed by atoms with van der Waals surface area (Å²) < 4.78 is 28.7. The summed E-state index contributed by atoms with van der Waals surface area (Å²) in [6.07, 6.45) is 4.02. The molecule has 1 aliphatic carbocycles. The minimum Gasteiger partial charge on any atom is -0.320 e. The van der Waals surface area contributed by atoms with Gasteiger partial charge in [-0.15, -0.1) is 0 Å². The van der Waals surface area contributed by atoms with Crippen LogP contribution in [0.25, 0.3) is 0 Å². The van der Waals surface area contributed by atoms with E-state index in [-0.39, 0.29) is 6.04 Å². The average Bonchev–Trinajstić information content (AvgIpc) is 2.77. The SMILES string of the molecule is CNCC[C@@H](c1ccccc1)N1C2=C(C=C=C=C2)N(C)S1(=O)=O. The van der Waals surface area contributed by atoms with Crippen molar-refractivity contribution in [3.8, 4) is 0 Å². The molecular weight excluding hydrogens is 310 g/mol. The molecule has 0 fully saturated rings. The Balaban J connectivity index is 2.09. The number of rotatable bonds is 5. The highest BCUT2D eigenvalue weighted by molar-refractivity contribution is 7.87. The van der Waals surface area contributed by atoms with Crippen molar-refractivity contribution >= 4 is 10.2 Å². The lowest BCUT2D eigenvalue weighted by Gasteiger charge is -2.30. The van der Waals surface area contributed by atoms with Crippen molar-refractivity contribution in [3.63, 3.8) is 0 Å². The van der Waals surface area contributed by atoms with Gasteiger partial charge in [0, 0.05) is 19.2 Å². The van der Waals surface area contributed by atoms with Crippen molar-refractivity contribution in [2.24, 2.45) is 0 Å². The molecule has 1 heterocycles. The van der Waals surface area contributed by atoms with Crippen LogP contribution in [-0.4, -0.2) is 37.7 Å². The monoisotopic (exact) mass is 329 g/mol. The van der Waals surface area contributed by atoms with Gasteiger partial charge in [0.25, 0.3) is 0 Å². The lowest BCUT2D eigenvalue weighted by atomic mass is 10.0. The second kappa shape index (κ2) is 6.11. The fourth-order valence-corrected chi connectivity index (χ4v) is 4.48. The third kappa shape index (κ3) is 2.62. The van der Waals surface area contributed by atoms with Crippen LogP contribution >= 0.6 is 0 Å². The largest absolute Gasteiger partial charge is 0.326 e. The van der Waals surface area contributed by atoms with Gasteiger partial charge in [-0.3, -0.25) is 4.31 Å². The van der Waals surface area contributed by atoms with E-state index in [0.717, 1.165) is 5.56 Å². The zero-order valence-corrected chi connectivity index (χ0v) is 14.0. The molecule has 1 aromatic carbocycles. The zero-order valence-electron chi connectivity index (χ0n) is 13.2. The molecule has 5 nitrogen and oxygen atoms in total. The van der Waals surface area contributed by atoms with Gasteiger partial charge in [-0.2, -0.15) is 8.42 Å². The van der Waals surface area contributed by atoms with Gasteiger partial charge in [0.05, 0.1) is 17.4 Å². The molecule has 0 unspecified atom stereocenters. The molecule has 0 aromatic heterocycles. The smallest absolute Gasteiger partial charge is 0.320 e. The van der Waals surface area contributed by atoms with Crippen LogP contribution in [0.15, 0.2) is 65.3 Å². The molecule has 0 amide bonds. The zero-order chi connectivity index (χ0) is 16.4. The molecule has 23 heavy (non-hydrogen) atoms. The van der Waals surface area contributed by atoms with Crippen LogP contribution in [0.1, 0.15) is 18.0 Å². The quantitative estimate of drug-likeness (QED) is 0.840. The summed E-state index contributed by atoms with van der Waals surface area (Å²) in [7, 11) is -0.168. The molecule has 1 atom stereocenters. The second-order valence-electron chi connectivity index (χ2n) is 5.44. The lowest BCUT2D eigenvalue weighted by molar-refractivity contribution is 0.367. The first-order valence-corrected chi connectivity index (χ1v) is 8.86. The highest BCUT2D eigenvalue weighted by Gasteiger charge is 2.43. The number of benzene rings is 1. The van der Waals surface area contributed by atoms with Crippen molar-refractivity contribution in [1.82, 2.24) is 13.9 Å². The number of hydrogen-bond donors (Lipinski definition) is 1. The lowest BCUT2D eigenvalue weighted by Crippen LogP contribution is -2.36. The predicted molar refractivity (Wildman–Crippen MR) is 89.4 cm³/mol. The Hall–Kier alpha value is -2.23. The van der Waals surface area contributed by atoms with E-state index in [1.807, 2.05) is 37.4 Å². The normalized spacial score (nSPS) is 19.4. The first kappa shape index (κ1) is 15.7. The predicted octanol–water partition coefficient (Wildman–Crippen LogP) is 1.92. The topological polar surface area (TPSA) is 52.6 Å². The Bertz CT molecular complexity index is 830. The van der Waals surface area contributed by atoms with E-state index >= 15 is 0 Å². The number of likely N-dealkylation sites (N-methyl/N-ethyl adjacent to an activating group) is 1. The molecule has 3 rings (SSSR count). The molecular formula is C17H19N3O2S. The maximum absolute atomic E-state index is 12.9. The Morgan fingerprint density at radius 3 is 2.43 bits per heavy atom. The summed E-state index contributed by atoms with van der Waals surface area (Å²) in [6, 6.07) is 9.45. The Morgan fingerprint density at radius 1 is 1.13 bits per heavy atom. The van der Waals surface area contributed by atoms with E-state index in [4.69, 9.17) is 0 Å². The standard InChI is InChI=1S/C17H19N3O2S/c1-18-13-12-15(14-8-4-3-5-9-14)20-17-11-7-6-10-16(17)19(2)23(20,21)22/h3-5,8-11,15,18H,12-13H2,1-2H3/t15-/m0/s1. The van der Waals surface area contributed by atoms with Crippen molar-refractivity contribution in [2.45, 2.75) is 12.5 Å². The van der Waals surface area contributed by atoms with Gasteiger partial charge in [0.1, 0.15) is 0 Å². The van der Waals surface area contributed by atoms with Gasteiger partial charge >= 0.3 is 10.2 Å². The van der Waals surface area contributed by atoms with Crippen LogP contribution in [0.4, 0.5) is 0 Å². The van der Waals surface area contributed by atoms with Gasteiger partial charge in [0.15, 0.2) is 0 Å². The van der Waals surface area contributed by atoms with E-state index in [9.17, 15) is 8.42 Å². The van der Waals surface area contributed by atoms with Crippen LogP contribution in [0, 0.1) is 0 Å². The van der Waals surface area contributed by atoms with E-state index in [2.05, 4.69) is 16.8 Å². The number of nitrogens with one attached hydrogen (secondary N) is 1. The number of nitrogens with zero attached hydrogens (tertiary/aromatic N) is 2. The van der Waals surface area contributed by atoms with Gasteiger partial charge in [-0.05, 0) is 25.6 Å². The third-order valence-electron chi connectivity index (χ3n) is 4.07. The van der Waals surface area contributed by atoms with Crippen molar-refractivity contribution in [2.75, 3.05) is 20.6 Å². The minimum atomic E-state index is -3.60. The van der Waals surface area contributed by atoms with E-state index in [1.165, 1.54) is 8.61 Å². The highest BCUT2D eigenvalue weighted by atomic mass is 32.2. The van der Waals surface area contributed by atoms with Crippen LogP contribution in [0.5, 0.6) is 0 Å². The van der Waals surface area contributed by atoms with Crippen LogP contribution in [0.2, 0.25) is 0 Å². The number of allylic oxidation sites excluding steroid dienone is 2. The molecule has 1 N–H and O–H groups in total. The summed E-state index contributed by atoms with van der Waals surface area (Å²) in [4.78, 5) is 0. The average molecular weight is 329 g/mol. The molecule has 0 saturated carbocycles. The van der Waals surface area contributed by atoms with Crippen molar-refractivity contribution in [3.05, 3.63) is 70.9 Å². The molecule has 1 aliphatic heterocycles. The molecule has 0 radical (unpaired) electrons. The molecule has 0 spiro atoms. The number of hydrogen-bond acceptors (Lipinski definition) is 3. The summed E-state index contributed by atoms with van der Waals surface area (Å²) in [5.41, 5.74) is 7.96. The first-order valence-electron chi connectivity index (χ1n) is 7.47. The minimum absolute atomic E-state index is 0.270. The van der Waals surface area contributed by atoms with Crippen molar-refractivity contribution in [1.29, 1.82) is 0 Å². The molecule has 1 aromatic rings. The summed E-state index contributed by atoms with van der Waals surface area (Å²) in [5, 5.41) is 3.10. The van der Waals surface area contributed by atoms with Crippen molar-refractivity contribution < 1.29 is 8.42 Å². The molecule has 0 saturated heterocycles. The molecule has 0 bridgehead atoms. The Morgan fingerprint density at radius 2 is 1.78 bits per heavy atom. The summed E-state index contributed by atoms with van der Waals surface area (Å²) in [6.45, 7) is 0.716. The fraction of sp³-hybridized carbons (Fsp3) is 0.294. The van der Waals surface area contributed by atoms with Gasteiger partial charge in [-0.25, -0.2) is 4.31 Å². The molecule has 2 aliphatic rings.